The van der Waals surface area contributed by atoms with Gasteiger partial charge in [-0.25, -0.2) is 17.8 Å². The first kappa shape index (κ1) is 24.1. The molecule has 3 heterocycles. The fraction of sp³-hybridized carbons (Fsp3) is 0.261. The zero-order valence-electron chi connectivity index (χ0n) is 18.2. The molecule has 0 unspecified atom stereocenters. The molecule has 0 aliphatic carbocycles. The molecule has 1 saturated heterocycles. The van der Waals surface area contributed by atoms with Gasteiger partial charge >= 0.3 is 0 Å². The summed E-state index contributed by atoms with van der Waals surface area (Å²) < 4.78 is 47.2. The lowest BCUT2D eigenvalue weighted by atomic mass is 9.97. The van der Waals surface area contributed by atoms with Crippen LogP contribution in [0.5, 0.6) is 0 Å². The number of nitrogens with one attached hydrogen (secondary N) is 1. The van der Waals surface area contributed by atoms with Crippen LogP contribution < -0.4 is 5.32 Å². The lowest BCUT2D eigenvalue weighted by molar-refractivity contribution is -0.120. The fourth-order valence-corrected chi connectivity index (χ4v) is 5.57. The molecule has 11 heteroatoms. The highest BCUT2D eigenvalue weighted by atomic mass is 35.5. The summed E-state index contributed by atoms with van der Waals surface area (Å²) in [6, 6.07) is 9.35. The van der Waals surface area contributed by atoms with Crippen molar-refractivity contribution in [3.8, 4) is 0 Å². The van der Waals surface area contributed by atoms with E-state index in [0.29, 0.717) is 29.2 Å². The van der Waals surface area contributed by atoms with Crippen molar-refractivity contribution >= 4 is 45.5 Å². The molecular formula is C23H22ClFN4O4S. The number of anilines is 1. The predicted octanol–water partition coefficient (Wildman–Crippen LogP) is 4.38. The summed E-state index contributed by atoms with van der Waals surface area (Å²) in [4.78, 5) is 16.6. The minimum Gasteiger partial charge on any atom is -0.355 e. The van der Waals surface area contributed by atoms with Crippen molar-refractivity contribution < 1.29 is 22.1 Å². The van der Waals surface area contributed by atoms with Crippen molar-refractivity contribution in [2.45, 2.75) is 24.7 Å². The van der Waals surface area contributed by atoms with E-state index in [1.54, 1.807) is 30.3 Å². The normalized spacial score (nSPS) is 15.6. The average molecular weight is 505 g/mol. The molecule has 1 aliphatic rings. The van der Waals surface area contributed by atoms with Gasteiger partial charge in [-0.2, -0.15) is 4.31 Å². The van der Waals surface area contributed by atoms with Gasteiger partial charge < -0.3 is 9.84 Å². The summed E-state index contributed by atoms with van der Waals surface area (Å²) in [5.41, 5.74) is 0.503. The van der Waals surface area contributed by atoms with E-state index in [0.717, 1.165) is 0 Å². The Hall–Kier alpha value is -3.08. The van der Waals surface area contributed by atoms with Gasteiger partial charge in [0.15, 0.2) is 10.7 Å². The summed E-state index contributed by atoms with van der Waals surface area (Å²) in [5, 5.41) is 7.00. The molecule has 0 bridgehead atoms. The number of piperidine rings is 1. The molecule has 0 spiro atoms. The highest BCUT2D eigenvalue weighted by Crippen LogP contribution is 2.29. The lowest BCUT2D eigenvalue weighted by Crippen LogP contribution is -2.41. The second-order valence-corrected chi connectivity index (χ2v) is 10.2. The molecule has 1 fully saturated rings. The van der Waals surface area contributed by atoms with E-state index in [2.05, 4.69) is 15.5 Å². The van der Waals surface area contributed by atoms with Gasteiger partial charge in [-0.1, -0.05) is 35.0 Å². The van der Waals surface area contributed by atoms with Gasteiger partial charge in [0.1, 0.15) is 17.3 Å². The van der Waals surface area contributed by atoms with Crippen LogP contribution in [0.3, 0.4) is 0 Å². The summed E-state index contributed by atoms with van der Waals surface area (Å²) in [7, 11) is -3.93. The summed E-state index contributed by atoms with van der Waals surface area (Å²) in [6.45, 7) is 1.86. The maximum absolute atomic E-state index is 13.9. The maximum atomic E-state index is 13.9. The van der Waals surface area contributed by atoms with E-state index in [9.17, 15) is 17.6 Å². The highest BCUT2D eigenvalue weighted by Gasteiger charge is 2.36. The Morgan fingerprint density at radius 1 is 1.21 bits per heavy atom. The van der Waals surface area contributed by atoms with Gasteiger partial charge in [-0.3, -0.25) is 4.79 Å². The number of carbonyl (C=O) groups excluding carboxylic acids is 1. The Morgan fingerprint density at radius 3 is 2.62 bits per heavy atom. The Bertz CT molecular complexity index is 1320. The van der Waals surface area contributed by atoms with Crippen molar-refractivity contribution in [1.29, 1.82) is 0 Å². The molecule has 1 aromatic carbocycles. The molecule has 0 saturated carbocycles. The summed E-state index contributed by atoms with van der Waals surface area (Å²) in [6.07, 6.45) is 4.97. The second-order valence-electron chi connectivity index (χ2n) is 7.85. The smallest absolute Gasteiger partial charge is 0.248 e. The number of rotatable bonds is 6. The van der Waals surface area contributed by atoms with Crippen molar-refractivity contribution in [1.82, 2.24) is 14.4 Å². The number of sulfonamides is 1. The number of hydrogen-bond acceptors (Lipinski definition) is 6. The van der Waals surface area contributed by atoms with E-state index in [1.165, 1.54) is 35.6 Å². The Balaban J connectivity index is 1.45. The maximum Gasteiger partial charge on any atom is 0.248 e. The monoisotopic (exact) mass is 504 g/mol. The molecular weight excluding hydrogens is 483 g/mol. The minimum atomic E-state index is -3.93. The van der Waals surface area contributed by atoms with E-state index in [4.69, 9.17) is 16.1 Å². The third kappa shape index (κ3) is 5.19. The van der Waals surface area contributed by atoms with Crippen LogP contribution >= 0.6 is 11.6 Å². The van der Waals surface area contributed by atoms with E-state index in [-0.39, 0.29) is 41.3 Å². The van der Waals surface area contributed by atoms with Crippen molar-refractivity contribution in [3.63, 3.8) is 0 Å². The van der Waals surface area contributed by atoms with E-state index < -0.39 is 15.8 Å². The molecule has 4 rings (SSSR count). The van der Waals surface area contributed by atoms with Crippen molar-refractivity contribution in [3.05, 3.63) is 70.5 Å². The van der Waals surface area contributed by atoms with Crippen molar-refractivity contribution in [2.75, 3.05) is 18.4 Å². The van der Waals surface area contributed by atoms with Crippen LogP contribution in [-0.2, 0) is 14.8 Å². The Morgan fingerprint density at radius 2 is 1.94 bits per heavy atom. The van der Waals surface area contributed by atoms with E-state index in [1.807, 2.05) is 0 Å². The zero-order chi connectivity index (χ0) is 24.3. The van der Waals surface area contributed by atoms with Gasteiger partial charge in [0.2, 0.25) is 15.9 Å². The number of aromatic nitrogens is 2. The van der Waals surface area contributed by atoms with Crippen LogP contribution in [0.2, 0.25) is 5.02 Å². The van der Waals surface area contributed by atoms with Gasteiger partial charge in [0, 0.05) is 30.8 Å². The Labute approximate surface area is 201 Å². The number of pyridine rings is 1. The van der Waals surface area contributed by atoms with E-state index >= 15 is 0 Å². The van der Waals surface area contributed by atoms with Crippen LogP contribution in [0.1, 0.15) is 29.9 Å². The van der Waals surface area contributed by atoms with Gasteiger partial charge in [-0.05, 0) is 50.1 Å². The highest BCUT2D eigenvalue weighted by molar-refractivity contribution is 7.89. The molecule has 34 heavy (non-hydrogen) atoms. The first-order valence-corrected chi connectivity index (χ1v) is 12.4. The zero-order valence-corrected chi connectivity index (χ0v) is 19.8. The number of hydrogen-bond donors (Lipinski definition) is 1. The third-order valence-electron chi connectivity index (χ3n) is 5.55. The number of aryl methyl sites for hydroxylation is 1. The lowest BCUT2D eigenvalue weighted by Gasteiger charge is -2.30. The van der Waals surface area contributed by atoms with Gasteiger partial charge in [0.05, 0.1) is 5.02 Å². The molecule has 0 radical (unpaired) electrons. The quantitative estimate of drug-likeness (QED) is 0.534. The van der Waals surface area contributed by atoms with Crippen LogP contribution in [0.25, 0.3) is 12.2 Å². The standard InChI is InChI=1S/C23H22ClFN4O4S/c1-15-22(20(33-28-15)8-6-16-4-2-3-5-19(16)25)34(31,32)29-12-10-17(11-13-29)23(30)27-21-9-7-18(24)14-26-21/h2-9,14,17H,10-13H2,1H3,(H,26,27,30)/b8-6+. The number of amides is 1. The third-order valence-corrected chi connectivity index (χ3v) is 7.84. The molecule has 8 nitrogen and oxygen atoms in total. The Kier molecular flexibility index (Phi) is 7.11. The molecule has 178 valence electrons. The van der Waals surface area contributed by atoms with Gasteiger partial charge in [0.25, 0.3) is 0 Å². The van der Waals surface area contributed by atoms with Crippen LogP contribution in [0.4, 0.5) is 10.2 Å². The van der Waals surface area contributed by atoms with Gasteiger partial charge in [-0.15, -0.1) is 0 Å². The number of halogens is 2. The number of carbonyl (C=O) groups is 1. The molecule has 3 aromatic rings. The molecule has 0 atom stereocenters. The van der Waals surface area contributed by atoms with Crippen LogP contribution in [-0.4, -0.2) is 41.9 Å². The minimum absolute atomic E-state index is 0.0226. The largest absolute Gasteiger partial charge is 0.355 e. The topological polar surface area (TPSA) is 105 Å². The number of benzene rings is 1. The molecule has 2 aromatic heterocycles. The van der Waals surface area contributed by atoms with Crippen LogP contribution in [0.15, 0.2) is 52.0 Å². The number of nitrogens with zero attached hydrogens (tertiary/aromatic N) is 3. The molecule has 1 amide bonds. The summed E-state index contributed by atoms with van der Waals surface area (Å²) >= 11 is 5.81. The van der Waals surface area contributed by atoms with Crippen molar-refractivity contribution in [2.24, 2.45) is 5.92 Å². The predicted molar refractivity (Wildman–Crippen MR) is 126 cm³/mol. The average Bonchev–Trinajstić information content (AvgIpc) is 3.21. The first-order chi connectivity index (χ1) is 16.3. The second kappa shape index (κ2) is 10.0. The van der Waals surface area contributed by atoms with Crippen LogP contribution in [0, 0.1) is 18.7 Å². The first-order valence-electron chi connectivity index (χ1n) is 10.6. The SMILES string of the molecule is Cc1noc(/C=C/c2ccccc2F)c1S(=O)(=O)N1CCC(C(=O)Nc2ccc(Cl)cn2)CC1. The molecule has 1 N–H and O–H groups in total. The fourth-order valence-electron chi connectivity index (χ4n) is 3.74. The molecule has 1 aliphatic heterocycles. The summed E-state index contributed by atoms with van der Waals surface area (Å²) in [5.74, 6) is -0.603.